The van der Waals surface area contributed by atoms with Gasteiger partial charge in [0.2, 0.25) is 0 Å². The van der Waals surface area contributed by atoms with E-state index in [4.69, 9.17) is 11.6 Å². The Kier molecular flexibility index (Phi) is 5.56. The molecule has 0 aliphatic carbocycles. The normalized spacial score (nSPS) is 11.0. The summed E-state index contributed by atoms with van der Waals surface area (Å²) in [5.41, 5.74) is 2.93. The number of halogens is 1. The number of hydrogen-bond acceptors (Lipinski definition) is 2. The molecule has 0 fully saturated rings. The van der Waals surface area contributed by atoms with Gasteiger partial charge in [-0.25, -0.2) is 0 Å². The lowest BCUT2D eigenvalue weighted by molar-refractivity contribution is 0.860. The summed E-state index contributed by atoms with van der Waals surface area (Å²) >= 11 is 8.01. The summed E-state index contributed by atoms with van der Waals surface area (Å²) in [6.45, 7) is 8.48. The first-order valence-corrected chi connectivity index (χ1v) is 8.63. The van der Waals surface area contributed by atoms with Crippen LogP contribution in [-0.2, 0) is 0 Å². The van der Waals surface area contributed by atoms with E-state index in [1.807, 2.05) is 12.1 Å². The predicted molar refractivity (Wildman–Crippen MR) is 94.9 cm³/mol. The van der Waals surface area contributed by atoms with Crippen LogP contribution in [0.4, 0.5) is 0 Å². The molecule has 0 saturated heterocycles. The lowest BCUT2D eigenvalue weighted by Crippen LogP contribution is -1.95. The Hall–Kier alpha value is -1.43. The lowest BCUT2D eigenvalue weighted by atomic mass is 9.98. The van der Waals surface area contributed by atoms with Gasteiger partial charge in [-0.15, -0.1) is 0 Å². The van der Waals surface area contributed by atoms with Crippen molar-refractivity contribution in [3.63, 3.8) is 0 Å². The van der Waals surface area contributed by atoms with Crippen molar-refractivity contribution in [2.24, 2.45) is 0 Å². The molecule has 0 bridgehead atoms. The van der Waals surface area contributed by atoms with Crippen LogP contribution in [0.15, 0.2) is 46.2 Å². The van der Waals surface area contributed by atoms with Gasteiger partial charge in [0.25, 0.3) is 0 Å². The van der Waals surface area contributed by atoms with Crippen LogP contribution in [0.25, 0.3) is 0 Å². The van der Waals surface area contributed by atoms with Crippen LogP contribution in [0.5, 0.6) is 0 Å². The van der Waals surface area contributed by atoms with Gasteiger partial charge in [-0.1, -0.05) is 63.2 Å². The van der Waals surface area contributed by atoms with Crippen LogP contribution >= 0.6 is 23.4 Å². The van der Waals surface area contributed by atoms with E-state index in [1.165, 1.54) is 5.56 Å². The third kappa shape index (κ3) is 3.85. The molecule has 0 saturated carbocycles. The molecular weight excluding hydrogens is 310 g/mol. The fraction of sp³-hybridized carbons (Fsp3) is 0.316. The Morgan fingerprint density at radius 3 is 2.09 bits per heavy atom. The first kappa shape index (κ1) is 16.9. The van der Waals surface area contributed by atoms with E-state index in [2.05, 4.69) is 58.0 Å². The number of benzene rings is 2. The standard InChI is InChI=1S/C19H20ClNS/c1-12(2)14-5-7-16(8-6-14)22-17-9-15(11-21)19(13(3)4)18(20)10-17/h5-10,12-13H,1-4H3. The highest BCUT2D eigenvalue weighted by Gasteiger charge is 2.13. The van der Waals surface area contributed by atoms with Crippen LogP contribution in [0.1, 0.15) is 56.2 Å². The van der Waals surface area contributed by atoms with Crippen LogP contribution < -0.4 is 0 Å². The van der Waals surface area contributed by atoms with Gasteiger partial charge >= 0.3 is 0 Å². The van der Waals surface area contributed by atoms with Crippen LogP contribution in [-0.4, -0.2) is 0 Å². The minimum atomic E-state index is 0.242. The average Bonchev–Trinajstić information content (AvgIpc) is 2.46. The maximum atomic E-state index is 9.36. The summed E-state index contributed by atoms with van der Waals surface area (Å²) in [5.74, 6) is 0.774. The molecule has 0 aliphatic rings. The van der Waals surface area contributed by atoms with Gasteiger partial charge in [-0.3, -0.25) is 0 Å². The van der Waals surface area contributed by atoms with Crippen molar-refractivity contribution in [3.05, 3.63) is 58.1 Å². The molecule has 1 nitrogen and oxygen atoms in total. The van der Waals surface area contributed by atoms with E-state index in [-0.39, 0.29) is 5.92 Å². The largest absolute Gasteiger partial charge is 0.192 e. The maximum Gasteiger partial charge on any atom is 0.0995 e. The first-order valence-electron chi connectivity index (χ1n) is 7.43. The number of nitriles is 1. The number of hydrogen-bond donors (Lipinski definition) is 0. The van der Waals surface area contributed by atoms with Crippen molar-refractivity contribution in [1.82, 2.24) is 0 Å². The summed E-state index contributed by atoms with van der Waals surface area (Å²) in [4.78, 5) is 2.16. The Morgan fingerprint density at radius 2 is 1.59 bits per heavy atom. The molecule has 2 aromatic carbocycles. The van der Waals surface area contributed by atoms with Gasteiger partial charge in [-0.2, -0.15) is 5.26 Å². The van der Waals surface area contributed by atoms with Crippen LogP contribution in [0, 0.1) is 11.3 Å². The summed E-state index contributed by atoms with van der Waals surface area (Å²) in [5, 5.41) is 10.0. The summed E-state index contributed by atoms with van der Waals surface area (Å²) in [6, 6.07) is 14.7. The second kappa shape index (κ2) is 7.22. The Labute approximate surface area is 142 Å². The van der Waals surface area contributed by atoms with Gasteiger partial charge in [0.05, 0.1) is 11.6 Å². The monoisotopic (exact) mass is 329 g/mol. The highest BCUT2D eigenvalue weighted by atomic mass is 35.5. The zero-order chi connectivity index (χ0) is 16.3. The zero-order valence-corrected chi connectivity index (χ0v) is 14.9. The summed E-state index contributed by atoms with van der Waals surface area (Å²) in [7, 11) is 0. The van der Waals surface area contributed by atoms with Gasteiger partial charge < -0.3 is 0 Å². The topological polar surface area (TPSA) is 23.8 Å². The zero-order valence-electron chi connectivity index (χ0n) is 13.4. The molecule has 0 radical (unpaired) electrons. The second-order valence-electron chi connectivity index (χ2n) is 5.96. The van der Waals surface area contributed by atoms with Gasteiger partial charge in [0, 0.05) is 14.8 Å². The van der Waals surface area contributed by atoms with E-state index in [0.717, 1.165) is 15.4 Å². The fourth-order valence-electron chi connectivity index (χ4n) is 2.39. The van der Waals surface area contributed by atoms with Crippen LogP contribution in [0.3, 0.4) is 0 Å². The highest BCUT2D eigenvalue weighted by Crippen LogP contribution is 2.35. The third-order valence-electron chi connectivity index (χ3n) is 3.58. The molecule has 0 N–H and O–H groups in total. The lowest BCUT2D eigenvalue weighted by Gasteiger charge is -2.13. The predicted octanol–water partition coefficient (Wildman–Crippen LogP) is 6.61. The second-order valence-corrected chi connectivity index (χ2v) is 7.51. The Morgan fingerprint density at radius 1 is 0.955 bits per heavy atom. The third-order valence-corrected chi connectivity index (χ3v) is 4.88. The molecule has 2 aromatic rings. The van der Waals surface area contributed by atoms with E-state index < -0.39 is 0 Å². The SMILES string of the molecule is CC(C)c1ccc(Sc2cc(Cl)c(C(C)C)c(C#N)c2)cc1. The summed E-state index contributed by atoms with van der Waals surface area (Å²) in [6.07, 6.45) is 0. The van der Waals surface area contributed by atoms with E-state index in [1.54, 1.807) is 11.8 Å². The number of rotatable bonds is 4. The first-order chi connectivity index (χ1) is 10.4. The Bertz CT molecular complexity index is 697. The molecule has 3 heteroatoms. The highest BCUT2D eigenvalue weighted by molar-refractivity contribution is 7.99. The van der Waals surface area contributed by atoms with Crippen molar-refractivity contribution >= 4 is 23.4 Å². The summed E-state index contributed by atoms with van der Waals surface area (Å²) < 4.78 is 0. The molecule has 2 rings (SSSR count). The molecule has 0 amide bonds. The minimum Gasteiger partial charge on any atom is -0.192 e. The molecular formula is C19H20ClNS. The molecule has 0 unspecified atom stereocenters. The van der Waals surface area contributed by atoms with Crippen molar-refractivity contribution in [1.29, 1.82) is 5.26 Å². The molecule has 0 heterocycles. The van der Waals surface area contributed by atoms with Gasteiger partial charge in [0.15, 0.2) is 0 Å². The van der Waals surface area contributed by atoms with Crippen molar-refractivity contribution in [3.8, 4) is 6.07 Å². The smallest absolute Gasteiger partial charge is 0.0995 e. The van der Waals surface area contributed by atoms with E-state index in [0.29, 0.717) is 16.5 Å². The van der Waals surface area contributed by atoms with Crippen LogP contribution in [0.2, 0.25) is 5.02 Å². The van der Waals surface area contributed by atoms with E-state index in [9.17, 15) is 5.26 Å². The molecule has 0 aromatic heterocycles. The van der Waals surface area contributed by atoms with E-state index >= 15 is 0 Å². The Balaban J connectivity index is 2.30. The molecule has 0 spiro atoms. The van der Waals surface area contributed by atoms with Crippen molar-refractivity contribution in [2.75, 3.05) is 0 Å². The van der Waals surface area contributed by atoms with Crippen molar-refractivity contribution < 1.29 is 0 Å². The molecule has 0 aliphatic heterocycles. The minimum absolute atomic E-state index is 0.242. The molecule has 114 valence electrons. The van der Waals surface area contributed by atoms with Gasteiger partial charge in [-0.05, 0) is 47.2 Å². The maximum absolute atomic E-state index is 9.36. The fourth-order valence-corrected chi connectivity index (χ4v) is 3.79. The molecule has 22 heavy (non-hydrogen) atoms. The average molecular weight is 330 g/mol. The van der Waals surface area contributed by atoms with Crippen molar-refractivity contribution in [2.45, 2.75) is 49.3 Å². The number of nitrogens with zero attached hydrogens (tertiary/aromatic N) is 1. The molecule has 0 atom stereocenters. The van der Waals surface area contributed by atoms with Gasteiger partial charge in [0.1, 0.15) is 0 Å². The quantitative estimate of drug-likeness (QED) is 0.630.